The molecule has 233 valence electrons. The minimum atomic E-state index is -4.62. The van der Waals surface area contributed by atoms with Crippen LogP contribution in [0.3, 0.4) is 0 Å². The van der Waals surface area contributed by atoms with Crippen LogP contribution in [0.1, 0.15) is 47.2 Å². The van der Waals surface area contributed by atoms with Gasteiger partial charge in [-0.05, 0) is 75.2 Å². The van der Waals surface area contributed by atoms with Crippen LogP contribution in [0, 0.1) is 13.8 Å². The zero-order chi connectivity index (χ0) is 32.4. The number of hydrogen-bond donors (Lipinski definition) is 2. The molecule has 0 saturated carbocycles. The summed E-state index contributed by atoms with van der Waals surface area (Å²) in [5.74, 6) is -2.91. The SMILES string of the molecule is CC(=O)[O-].CC(=O)[O-].Cc1cc(C(F)(F)F)cc(C=Nc2ccccc2N=Cc2cc(C(F)(F)F)cc(C)c2O)c1O.[Co+2]. The Morgan fingerprint density at radius 1 is 0.698 bits per heavy atom. The quantitative estimate of drug-likeness (QED) is 0.306. The number of aliphatic imine (C=N–C) groups is 2. The summed E-state index contributed by atoms with van der Waals surface area (Å²) in [5, 5.41) is 38.0. The Labute approximate surface area is 252 Å². The van der Waals surface area contributed by atoms with Gasteiger partial charge in [-0.3, -0.25) is 9.98 Å². The van der Waals surface area contributed by atoms with Crippen LogP contribution in [0.5, 0.6) is 11.5 Å². The second-order valence-corrected chi connectivity index (χ2v) is 8.45. The average Bonchev–Trinajstić information content (AvgIpc) is 2.84. The number of carboxylic acids is 2. The number of carbonyl (C=O) groups excluding carboxylic acids is 2. The molecule has 3 rings (SSSR count). The molecule has 3 aromatic carbocycles. The molecular formula is C28H24CoF6N2O6. The summed E-state index contributed by atoms with van der Waals surface area (Å²) in [6.45, 7) is 4.59. The molecule has 2 N–H and O–H groups in total. The van der Waals surface area contributed by atoms with Gasteiger partial charge in [0.05, 0.1) is 22.5 Å². The van der Waals surface area contributed by atoms with Crippen molar-refractivity contribution in [2.45, 2.75) is 40.0 Å². The van der Waals surface area contributed by atoms with Crippen LogP contribution in [-0.2, 0) is 38.7 Å². The minimum absolute atomic E-state index is 0. The predicted molar refractivity (Wildman–Crippen MR) is 138 cm³/mol. The van der Waals surface area contributed by atoms with Gasteiger partial charge < -0.3 is 30.0 Å². The molecule has 0 spiro atoms. The van der Waals surface area contributed by atoms with Gasteiger partial charge in [0.25, 0.3) is 0 Å². The number of carbonyl (C=O) groups is 2. The van der Waals surface area contributed by atoms with Crippen LogP contribution in [0.25, 0.3) is 0 Å². The van der Waals surface area contributed by atoms with E-state index in [1.807, 2.05) is 0 Å². The predicted octanol–water partition coefficient (Wildman–Crippen LogP) is 4.76. The van der Waals surface area contributed by atoms with Crippen LogP contribution in [-0.4, -0.2) is 34.6 Å². The van der Waals surface area contributed by atoms with Crippen molar-refractivity contribution in [2.24, 2.45) is 9.98 Å². The van der Waals surface area contributed by atoms with Crippen molar-refractivity contribution in [2.75, 3.05) is 0 Å². The second-order valence-electron chi connectivity index (χ2n) is 8.45. The summed E-state index contributed by atoms with van der Waals surface area (Å²) in [6.07, 6.45) is -7.15. The normalized spacial score (nSPS) is 11.2. The Bertz CT molecular complexity index is 1370. The first-order valence-electron chi connectivity index (χ1n) is 11.6. The maximum absolute atomic E-state index is 13.1. The average molecular weight is 657 g/mol. The first kappa shape index (κ1) is 38.6. The summed E-state index contributed by atoms with van der Waals surface area (Å²) in [7, 11) is 0. The van der Waals surface area contributed by atoms with E-state index in [2.05, 4.69) is 9.98 Å². The second kappa shape index (κ2) is 16.3. The first-order chi connectivity index (χ1) is 19.2. The Hall–Kier alpha value is -4.37. The van der Waals surface area contributed by atoms with E-state index in [1.54, 1.807) is 12.1 Å². The van der Waals surface area contributed by atoms with Gasteiger partial charge in [0, 0.05) is 35.5 Å². The summed E-state index contributed by atoms with van der Waals surface area (Å²) in [6, 6.07) is 9.25. The summed E-state index contributed by atoms with van der Waals surface area (Å²) in [4.78, 5) is 26.0. The Kier molecular flexibility index (Phi) is 14.7. The first-order valence-corrected chi connectivity index (χ1v) is 11.6. The van der Waals surface area contributed by atoms with Gasteiger partial charge in [0.2, 0.25) is 0 Å². The number of phenols is 2. The van der Waals surface area contributed by atoms with E-state index in [0.29, 0.717) is 0 Å². The number of carboxylic acid groups (broad SMARTS) is 2. The molecule has 0 aliphatic heterocycles. The van der Waals surface area contributed by atoms with Gasteiger partial charge in [-0.15, -0.1) is 0 Å². The molecule has 15 heteroatoms. The zero-order valence-corrected chi connectivity index (χ0v) is 23.8. The van der Waals surface area contributed by atoms with Gasteiger partial charge in [-0.1, -0.05) is 12.1 Å². The number of benzene rings is 3. The van der Waals surface area contributed by atoms with Gasteiger partial charge in [0.15, 0.2) is 0 Å². The molecular weight excluding hydrogens is 633 g/mol. The molecule has 0 fully saturated rings. The molecule has 8 nitrogen and oxygen atoms in total. The van der Waals surface area contributed by atoms with E-state index in [4.69, 9.17) is 19.8 Å². The third kappa shape index (κ3) is 13.0. The van der Waals surface area contributed by atoms with Gasteiger partial charge in [0.1, 0.15) is 11.5 Å². The van der Waals surface area contributed by atoms with Crippen LogP contribution in [0.4, 0.5) is 37.7 Å². The fourth-order valence-corrected chi connectivity index (χ4v) is 3.10. The molecule has 0 amide bonds. The van der Waals surface area contributed by atoms with E-state index < -0.39 is 35.4 Å². The molecule has 0 heterocycles. The van der Waals surface area contributed by atoms with Crippen LogP contribution in [0.2, 0.25) is 0 Å². The van der Waals surface area contributed by atoms with Crippen LogP contribution in [0.15, 0.2) is 58.5 Å². The van der Waals surface area contributed by atoms with Crippen molar-refractivity contribution >= 4 is 35.7 Å². The summed E-state index contributed by atoms with van der Waals surface area (Å²) < 4.78 is 78.6. The maximum atomic E-state index is 13.1. The smallest absolute Gasteiger partial charge is 0.550 e. The zero-order valence-electron chi connectivity index (χ0n) is 22.8. The summed E-state index contributed by atoms with van der Waals surface area (Å²) in [5.41, 5.74) is -1.87. The number of alkyl halides is 6. The fraction of sp³-hybridized carbons (Fsp3) is 0.214. The number of aliphatic carboxylic acids is 2. The Morgan fingerprint density at radius 3 is 1.23 bits per heavy atom. The number of para-hydroxylation sites is 2. The van der Waals surface area contributed by atoms with Crippen molar-refractivity contribution in [3.05, 3.63) is 81.9 Å². The van der Waals surface area contributed by atoms with E-state index >= 15 is 0 Å². The molecule has 0 bridgehead atoms. The molecule has 1 radical (unpaired) electrons. The van der Waals surface area contributed by atoms with E-state index in [1.165, 1.54) is 26.0 Å². The largest absolute Gasteiger partial charge is 2.00 e. The molecule has 3 aromatic rings. The van der Waals surface area contributed by atoms with Gasteiger partial charge >= 0.3 is 29.1 Å². The molecule has 0 aromatic heterocycles. The topological polar surface area (TPSA) is 145 Å². The standard InChI is InChI=1S/C24H18F6N2O2.2C2H4O2.Co/c1-13-7-17(23(25,26)27)9-15(21(13)33)11-31-19-5-3-4-6-20(19)32-12-16-10-18(24(28,29)30)8-14(2)22(16)34;2*1-2(3)4;/h3-12,33-34H,1-2H3;2*1H3,(H,3,4);/q;;;+2/p-2. The Morgan fingerprint density at radius 2 is 0.977 bits per heavy atom. The minimum Gasteiger partial charge on any atom is -0.550 e. The molecule has 0 aliphatic rings. The van der Waals surface area contributed by atoms with Crippen molar-refractivity contribution in [3.63, 3.8) is 0 Å². The Balaban J connectivity index is 0.00000174. The number of aryl methyl sites for hydroxylation is 2. The van der Waals surface area contributed by atoms with Gasteiger partial charge in [-0.2, -0.15) is 26.3 Å². The van der Waals surface area contributed by atoms with E-state index in [9.17, 15) is 36.6 Å². The number of halogens is 6. The molecule has 0 unspecified atom stereocenters. The monoisotopic (exact) mass is 657 g/mol. The third-order valence-corrected chi connectivity index (χ3v) is 4.88. The van der Waals surface area contributed by atoms with Crippen molar-refractivity contribution in [1.82, 2.24) is 0 Å². The van der Waals surface area contributed by atoms with Crippen LogP contribution >= 0.6 is 0 Å². The molecule has 0 aliphatic carbocycles. The van der Waals surface area contributed by atoms with E-state index in [0.717, 1.165) is 50.5 Å². The number of rotatable bonds is 4. The van der Waals surface area contributed by atoms with Crippen molar-refractivity contribution < 1.29 is 73.1 Å². The third-order valence-electron chi connectivity index (χ3n) is 4.88. The van der Waals surface area contributed by atoms with Crippen molar-refractivity contribution in [1.29, 1.82) is 0 Å². The van der Waals surface area contributed by atoms with Crippen LogP contribution < -0.4 is 10.2 Å². The molecule has 0 saturated heterocycles. The number of nitrogens with zero attached hydrogens (tertiary/aromatic N) is 2. The molecule has 0 atom stereocenters. The molecule has 43 heavy (non-hydrogen) atoms. The fourth-order valence-electron chi connectivity index (χ4n) is 3.10. The number of aromatic hydroxyl groups is 2. The maximum Gasteiger partial charge on any atom is 2.00 e. The van der Waals surface area contributed by atoms with E-state index in [-0.39, 0.29) is 61.9 Å². The van der Waals surface area contributed by atoms with Gasteiger partial charge in [-0.25, -0.2) is 0 Å². The number of hydrogen-bond acceptors (Lipinski definition) is 8. The van der Waals surface area contributed by atoms with Crippen molar-refractivity contribution in [3.8, 4) is 11.5 Å². The summed E-state index contributed by atoms with van der Waals surface area (Å²) >= 11 is 0. The number of phenolic OH excluding ortho intramolecular Hbond substituents is 2.